The highest BCUT2D eigenvalue weighted by molar-refractivity contribution is 6.22. The molecule has 58 heavy (non-hydrogen) atoms. The molecular weight excluding hydrogens is 697 g/mol. The van der Waals surface area contributed by atoms with Gasteiger partial charge >= 0.3 is 0 Å². The first-order chi connectivity index (χ1) is 28.6. The van der Waals surface area contributed by atoms with Crippen LogP contribution < -0.4 is 0 Å². The molecule has 0 heteroatoms. The maximum Gasteiger partial charge on any atom is -0.00262 e. The Balaban J connectivity index is 1.04. The SMILES string of the molecule is Cc1cc(-c2cccc(-c3c4ccccc4c(-c4cccc(-c5ccc6ccccc6c5)c4)c4ccccc34)c2)ccc1-c1c(C)c2ccccc2c2ccccc12. The minimum Gasteiger partial charge on any atom is -0.0616 e. The molecular formula is C58H40. The largest absolute Gasteiger partial charge is 0.0616 e. The van der Waals surface area contributed by atoms with E-state index < -0.39 is 0 Å². The molecule has 0 bridgehead atoms. The Kier molecular flexibility index (Phi) is 8.05. The fraction of sp³-hybridized carbons (Fsp3) is 0.0345. The first-order valence-corrected chi connectivity index (χ1v) is 20.3. The fourth-order valence-electron chi connectivity index (χ4n) is 9.62. The molecule has 0 saturated carbocycles. The second-order valence-electron chi connectivity index (χ2n) is 15.7. The van der Waals surface area contributed by atoms with E-state index in [4.69, 9.17) is 0 Å². The van der Waals surface area contributed by atoms with Crippen molar-refractivity contribution >= 4 is 53.9 Å². The summed E-state index contributed by atoms with van der Waals surface area (Å²) in [5.41, 5.74) is 15.1. The van der Waals surface area contributed by atoms with Crippen molar-refractivity contribution in [3.05, 3.63) is 217 Å². The van der Waals surface area contributed by atoms with E-state index in [9.17, 15) is 0 Å². The summed E-state index contributed by atoms with van der Waals surface area (Å²) in [6.07, 6.45) is 0. The molecule has 0 unspecified atom stereocenters. The Morgan fingerprint density at radius 2 is 0.638 bits per heavy atom. The molecule has 11 aromatic rings. The van der Waals surface area contributed by atoms with Crippen molar-refractivity contribution in [2.75, 3.05) is 0 Å². The molecule has 0 spiro atoms. The highest BCUT2D eigenvalue weighted by Gasteiger charge is 2.19. The highest BCUT2D eigenvalue weighted by Crippen LogP contribution is 2.46. The molecule has 0 aliphatic heterocycles. The highest BCUT2D eigenvalue weighted by atomic mass is 14.2. The molecule has 0 radical (unpaired) electrons. The predicted octanol–water partition coefficient (Wildman–Crippen LogP) is 16.4. The first-order valence-electron chi connectivity index (χ1n) is 20.3. The Labute approximate surface area is 339 Å². The summed E-state index contributed by atoms with van der Waals surface area (Å²) < 4.78 is 0. The van der Waals surface area contributed by atoms with Gasteiger partial charge in [-0.05, 0) is 153 Å². The number of hydrogen-bond acceptors (Lipinski definition) is 0. The zero-order valence-corrected chi connectivity index (χ0v) is 32.6. The smallest absolute Gasteiger partial charge is 0.00262 e. The predicted molar refractivity (Wildman–Crippen MR) is 251 cm³/mol. The maximum absolute atomic E-state index is 2.39. The number of benzene rings is 11. The van der Waals surface area contributed by atoms with Gasteiger partial charge in [0.25, 0.3) is 0 Å². The van der Waals surface area contributed by atoms with Crippen molar-refractivity contribution in [2.45, 2.75) is 13.8 Å². The van der Waals surface area contributed by atoms with Crippen LogP contribution in [0, 0.1) is 13.8 Å². The van der Waals surface area contributed by atoms with Gasteiger partial charge in [-0.25, -0.2) is 0 Å². The van der Waals surface area contributed by atoms with E-state index in [-0.39, 0.29) is 0 Å². The fourth-order valence-corrected chi connectivity index (χ4v) is 9.62. The lowest BCUT2D eigenvalue weighted by molar-refractivity contribution is 1.44. The molecule has 0 aromatic heterocycles. The molecule has 0 aliphatic rings. The number of rotatable bonds is 5. The second kappa shape index (κ2) is 13.7. The maximum atomic E-state index is 2.39. The van der Waals surface area contributed by atoms with Gasteiger partial charge in [0.15, 0.2) is 0 Å². The van der Waals surface area contributed by atoms with Crippen molar-refractivity contribution in [1.82, 2.24) is 0 Å². The van der Waals surface area contributed by atoms with Gasteiger partial charge in [-0.15, -0.1) is 0 Å². The van der Waals surface area contributed by atoms with Crippen LogP contribution in [0.15, 0.2) is 206 Å². The summed E-state index contributed by atoms with van der Waals surface area (Å²) in [4.78, 5) is 0. The van der Waals surface area contributed by atoms with Crippen LogP contribution in [-0.4, -0.2) is 0 Å². The molecule has 0 heterocycles. The summed E-state index contributed by atoms with van der Waals surface area (Å²) in [5.74, 6) is 0. The lowest BCUT2D eigenvalue weighted by Gasteiger charge is -2.19. The van der Waals surface area contributed by atoms with Gasteiger partial charge in [0.2, 0.25) is 0 Å². The van der Waals surface area contributed by atoms with Crippen LogP contribution in [-0.2, 0) is 0 Å². The summed E-state index contributed by atoms with van der Waals surface area (Å²) in [5, 5.41) is 12.8. The average Bonchev–Trinajstić information content (AvgIpc) is 3.28. The van der Waals surface area contributed by atoms with Crippen molar-refractivity contribution in [1.29, 1.82) is 0 Å². The molecule has 11 aromatic carbocycles. The van der Waals surface area contributed by atoms with Crippen molar-refractivity contribution in [2.24, 2.45) is 0 Å². The van der Waals surface area contributed by atoms with Gasteiger partial charge < -0.3 is 0 Å². The van der Waals surface area contributed by atoms with Crippen LogP contribution in [0.2, 0.25) is 0 Å². The van der Waals surface area contributed by atoms with Gasteiger partial charge in [0, 0.05) is 0 Å². The lowest BCUT2D eigenvalue weighted by atomic mass is 9.84. The second-order valence-corrected chi connectivity index (χ2v) is 15.7. The lowest BCUT2D eigenvalue weighted by Crippen LogP contribution is -1.93. The molecule has 0 aliphatic carbocycles. The number of hydrogen-bond donors (Lipinski definition) is 0. The molecule has 0 atom stereocenters. The van der Waals surface area contributed by atoms with Crippen LogP contribution in [0.1, 0.15) is 11.1 Å². The number of fused-ring (bicyclic) bond motifs is 6. The number of aryl methyl sites for hydroxylation is 2. The van der Waals surface area contributed by atoms with Crippen molar-refractivity contribution < 1.29 is 0 Å². The van der Waals surface area contributed by atoms with E-state index in [2.05, 4.69) is 220 Å². The van der Waals surface area contributed by atoms with Crippen molar-refractivity contribution in [3.8, 4) is 55.6 Å². The molecule has 0 fully saturated rings. The minimum atomic E-state index is 1.22. The third-order valence-corrected chi connectivity index (χ3v) is 12.3. The van der Waals surface area contributed by atoms with Crippen LogP contribution >= 0.6 is 0 Å². The summed E-state index contributed by atoms with van der Waals surface area (Å²) >= 11 is 0. The topological polar surface area (TPSA) is 0 Å². The van der Waals surface area contributed by atoms with E-state index in [1.54, 1.807) is 0 Å². The average molecular weight is 737 g/mol. The van der Waals surface area contributed by atoms with E-state index in [0.717, 1.165) is 0 Å². The Morgan fingerprint density at radius 1 is 0.241 bits per heavy atom. The van der Waals surface area contributed by atoms with Crippen LogP contribution in [0.3, 0.4) is 0 Å². The zero-order chi connectivity index (χ0) is 38.7. The van der Waals surface area contributed by atoms with Gasteiger partial charge in [-0.2, -0.15) is 0 Å². The summed E-state index contributed by atoms with van der Waals surface area (Å²) in [6, 6.07) is 76.2. The molecule has 0 nitrogen and oxygen atoms in total. The zero-order valence-electron chi connectivity index (χ0n) is 32.6. The molecule has 272 valence electrons. The first kappa shape index (κ1) is 34.0. The van der Waals surface area contributed by atoms with Crippen molar-refractivity contribution in [3.63, 3.8) is 0 Å². The summed E-state index contributed by atoms with van der Waals surface area (Å²) in [6.45, 7) is 4.54. The van der Waals surface area contributed by atoms with Crippen LogP contribution in [0.5, 0.6) is 0 Å². The van der Waals surface area contributed by atoms with Gasteiger partial charge in [-0.3, -0.25) is 0 Å². The van der Waals surface area contributed by atoms with E-state index in [1.807, 2.05) is 0 Å². The molecule has 0 saturated heterocycles. The summed E-state index contributed by atoms with van der Waals surface area (Å²) in [7, 11) is 0. The Hall–Kier alpha value is -7.28. The standard InChI is InChI=1S/C58H40/c1-37-33-43(31-32-47(37)56-38(2)48-21-5-6-22-49(48)50-23-7-8-24-51(50)56)41-17-13-19-45(35-41)57-52-25-9-11-27-54(52)58(55-28-12-10-26-53(55)57)46-20-14-18-42(36-46)44-30-29-39-15-3-4-16-40(39)34-44/h3-36H,1-2H3. The van der Waals surface area contributed by atoms with Crippen LogP contribution in [0.4, 0.5) is 0 Å². The molecule has 0 N–H and O–H groups in total. The minimum absolute atomic E-state index is 1.22. The van der Waals surface area contributed by atoms with E-state index in [1.165, 1.54) is 121 Å². The quantitative estimate of drug-likeness (QED) is 0.122. The van der Waals surface area contributed by atoms with Crippen LogP contribution in [0.25, 0.3) is 109 Å². The van der Waals surface area contributed by atoms with Gasteiger partial charge in [0.05, 0.1) is 0 Å². The Bertz CT molecular complexity index is 3360. The van der Waals surface area contributed by atoms with E-state index in [0.29, 0.717) is 0 Å². The molecule has 0 amide bonds. The normalized spacial score (nSPS) is 11.6. The monoisotopic (exact) mass is 736 g/mol. The molecule has 11 rings (SSSR count). The van der Waals surface area contributed by atoms with E-state index >= 15 is 0 Å². The Morgan fingerprint density at radius 3 is 1.19 bits per heavy atom. The van der Waals surface area contributed by atoms with Gasteiger partial charge in [0.1, 0.15) is 0 Å². The third-order valence-electron chi connectivity index (χ3n) is 12.3. The van der Waals surface area contributed by atoms with Gasteiger partial charge in [-0.1, -0.05) is 188 Å². The third kappa shape index (κ3) is 5.52.